The topological polar surface area (TPSA) is 90.8 Å². The molecule has 8 heteroatoms. The van der Waals surface area contributed by atoms with E-state index in [0.717, 1.165) is 76.2 Å². The summed E-state index contributed by atoms with van der Waals surface area (Å²) in [7, 11) is 0. The van der Waals surface area contributed by atoms with Gasteiger partial charge in [-0.05, 0) is 56.0 Å². The van der Waals surface area contributed by atoms with E-state index in [4.69, 9.17) is 9.15 Å². The van der Waals surface area contributed by atoms with Gasteiger partial charge in [-0.25, -0.2) is 0 Å². The van der Waals surface area contributed by atoms with Crippen LogP contribution in [0.15, 0.2) is 59.0 Å². The molecule has 1 aliphatic carbocycles. The van der Waals surface area contributed by atoms with E-state index in [-0.39, 0.29) is 17.9 Å². The standard InChI is InChI=1S/C31H40N4O4/c1-23-13-16-28(39-23)29(30(36)32-25-11-6-3-7-12-25)35(18-8-17-34-19-21-38-22-20-34)31(37)27-15-14-26(33-27)24-9-4-2-5-10-24/h2,4-5,9-10,13-16,25,29,33H,3,6-8,11-12,17-22H2,1H3,(H,32,36)/t29-/m0/s1. The molecule has 39 heavy (non-hydrogen) atoms. The molecule has 2 aliphatic rings. The number of rotatable bonds is 10. The summed E-state index contributed by atoms with van der Waals surface area (Å²) in [5.74, 6) is 0.825. The molecular weight excluding hydrogens is 492 g/mol. The third-order valence-corrected chi connectivity index (χ3v) is 7.78. The van der Waals surface area contributed by atoms with Crippen LogP contribution in [0.2, 0.25) is 0 Å². The highest BCUT2D eigenvalue weighted by Gasteiger charge is 2.36. The van der Waals surface area contributed by atoms with Gasteiger partial charge in [-0.1, -0.05) is 49.6 Å². The molecule has 8 nitrogen and oxygen atoms in total. The summed E-state index contributed by atoms with van der Waals surface area (Å²) >= 11 is 0. The number of H-pyrrole nitrogens is 1. The molecular formula is C31H40N4O4. The smallest absolute Gasteiger partial charge is 0.271 e. The number of nitrogens with one attached hydrogen (secondary N) is 2. The van der Waals surface area contributed by atoms with Gasteiger partial charge in [-0.3, -0.25) is 14.5 Å². The van der Waals surface area contributed by atoms with Gasteiger partial charge in [0.15, 0.2) is 6.04 Å². The summed E-state index contributed by atoms with van der Waals surface area (Å²) in [5, 5.41) is 3.25. The maximum Gasteiger partial charge on any atom is 0.271 e. The highest BCUT2D eigenvalue weighted by Crippen LogP contribution is 2.28. The predicted octanol–water partition coefficient (Wildman–Crippen LogP) is 4.94. The van der Waals surface area contributed by atoms with Crippen LogP contribution in [0.3, 0.4) is 0 Å². The number of ether oxygens (including phenoxy) is 1. The fraction of sp³-hybridized carbons (Fsp3) is 0.484. The minimum absolute atomic E-state index is 0.130. The third kappa shape index (κ3) is 6.99. The van der Waals surface area contributed by atoms with Gasteiger partial charge < -0.3 is 24.4 Å². The van der Waals surface area contributed by atoms with Gasteiger partial charge in [0.25, 0.3) is 11.8 Å². The molecule has 0 spiro atoms. The molecule has 0 unspecified atom stereocenters. The van der Waals surface area contributed by atoms with Gasteiger partial charge in [-0.2, -0.15) is 0 Å². The van der Waals surface area contributed by atoms with Crippen LogP contribution in [-0.4, -0.2) is 72.0 Å². The Labute approximate surface area is 230 Å². The van der Waals surface area contributed by atoms with Crippen molar-refractivity contribution in [3.05, 3.63) is 71.8 Å². The Morgan fingerprint density at radius 2 is 1.79 bits per heavy atom. The Balaban J connectivity index is 1.41. The number of aromatic nitrogens is 1. The second kappa shape index (κ2) is 13.1. The zero-order chi connectivity index (χ0) is 27.0. The zero-order valence-corrected chi connectivity index (χ0v) is 22.9. The van der Waals surface area contributed by atoms with Crippen LogP contribution in [0.4, 0.5) is 0 Å². The maximum atomic E-state index is 14.1. The highest BCUT2D eigenvalue weighted by molar-refractivity contribution is 5.97. The second-order valence-corrected chi connectivity index (χ2v) is 10.7. The Morgan fingerprint density at radius 1 is 1.03 bits per heavy atom. The van der Waals surface area contributed by atoms with Crippen LogP contribution < -0.4 is 5.32 Å². The average Bonchev–Trinajstić information content (AvgIpc) is 3.63. The molecule has 5 rings (SSSR count). The number of furan rings is 1. The number of aromatic amines is 1. The molecule has 1 aliphatic heterocycles. The van der Waals surface area contributed by atoms with Gasteiger partial charge in [0.2, 0.25) is 0 Å². The summed E-state index contributed by atoms with van der Waals surface area (Å²) in [4.78, 5) is 35.4. The first-order chi connectivity index (χ1) is 19.1. The Hall–Kier alpha value is -3.36. The minimum atomic E-state index is -0.846. The lowest BCUT2D eigenvalue weighted by Crippen LogP contribution is -2.48. The first kappa shape index (κ1) is 27.2. The molecule has 2 N–H and O–H groups in total. The number of hydrogen-bond donors (Lipinski definition) is 2. The third-order valence-electron chi connectivity index (χ3n) is 7.78. The molecule has 3 aromatic rings. The van der Waals surface area contributed by atoms with Crippen LogP contribution in [0.5, 0.6) is 0 Å². The average molecular weight is 533 g/mol. The SMILES string of the molecule is Cc1ccc([C@@H](C(=O)NC2CCCCC2)N(CCCN2CCOCC2)C(=O)c2ccc(-c3ccccc3)[nH]2)o1. The van der Waals surface area contributed by atoms with E-state index < -0.39 is 6.04 Å². The van der Waals surface area contributed by atoms with Crippen molar-refractivity contribution in [2.24, 2.45) is 0 Å². The molecule has 0 bridgehead atoms. The Bertz CT molecular complexity index is 1210. The van der Waals surface area contributed by atoms with Gasteiger partial charge >= 0.3 is 0 Å². The summed E-state index contributed by atoms with van der Waals surface area (Å²) in [6.45, 7) is 6.35. The van der Waals surface area contributed by atoms with E-state index in [9.17, 15) is 9.59 Å². The van der Waals surface area contributed by atoms with Crippen molar-refractivity contribution in [1.29, 1.82) is 0 Å². The van der Waals surface area contributed by atoms with Gasteiger partial charge in [0.1, 0.15) is 17.2 Å². The second-order valence-electron chi connectivity index (χ2n) is 10.7. The van der Waals surface area contributed by atoms with E-state index in [1.165, 1.54) is 6.42 Å². The molecule has 0 radical (unpaired) electrons. The first-order valence-electron chi connectivity index (χ1n) is 14.3. The van der Waals surface area contributed by atoms with Crippen LogP contribution in [-0.2, 0) is 9.53 Å². The lowest BCUT2D eigenvalue weighted by Gasteiger charge is -2.33. The number of amides is 2. The van der Waals surface area contributed by atoms with E-state index in [1.54, 1.807) is 4.90 Å². The molecule has 2 fully saturated rings. The van der Waals surface area contributed by atoms with Crippen molar-refractivity contribution >= 4 is 11.8 Å². The largest absolute Gasteiger partial charge is 0.464 e. The molecule has 208 valence electrons. The minimum Gasteiger partial charge on any atom is -0.464 e. The molecule has 1 saturated carbocycles. The Morgan fingerprint density at radius 3 is 2.51 bits per heavy atom. The van der Waals surface area contributed by atoms with Crippen molar-refractivity contribution in [1.82, 2.24) is 20.1 Å². The van der Waals surface area contributed by atoms with Crippen molar-refractivity contribution in [3.63, 3.8) is 0 Å². The number of carbonyl (C=O) groups excluding carboxylic acids is 2. The summed E-state index contributed by atoms with van der Waals surface area (Å²) in [5.41, 5.74) is 2.33. The number of aryl methyl sites for hydroxylation is 1. The van der Waals surface area contributed by atoms with Crippen LogP contribution in [0.25, 0.3) is 11.3 Å². The van der Waals surface area contributed by atoms with Gasteiger partial charge in [0, 0.05) is 37.9 Å². The lowest BCUT2D eigenvalue weighted by molar-refractivity contribution is -0.127. The molecule has 3 heterocycles. The van der Waals surface area contributed by atoms with Crippen LogP contribution in [0.1, 0.15) is 66.6 Å². The van der Waals surface area contributed by atoms with Crippen molar-refractivity contribution in [2.75, 3.05) is 39.4 Å². The molecule has 2 amide bonds. The monoisotopic (exact) mass is 532 g/mol. The van der Waals surface area contributed by atoms with Crippen molar-refractivity contribution in [3.8, 4) is 11.3 Å². The zero-order valence-electron chi connectivity index (χ0n) is 22.9. The summed E-state index contributed by atoms with van der Waals surface area (Å²) < 4.78 is 11.5. The number of carbonyl (C=O) groups is 2. The normalized spacial score (nSPS) is 17.6. The quantitative estimate of drug-likeness (QED) is 0.386. The summed E-state index contributed by atoms with van der Waals surface area (Å²) in [6, 6.07) is 16.6. The van der Waals surface area contributed by atoms with E-state index in [0.29, 0.717) is 23.8 Å². The van der Waals surface area contributed by atoms with Gasteiger partial charge in [-0.15, -0.1) is 0 Å². The maximum absolute atomic E-state index is 14.1. The van der Waals surface area contributed by atoms with E-state index in [2.05, 4.69) is 15.2 Å². The molecule has 1 saturated heterocycles. The fourth-order valence-corrected chi connectivity index (χ4v) is 5.65. The summed E-state index contributed by atoms with van der Waals surface area (Å²) in [6.07, 6.45) is 6.11. The van der Waals surface area contributed by atoms with Crippen molar-refractivity contribution in [2.45, 2.75) is 57.5 Å². The molecule has 1 atom stereocenters. The van der Waals surface area contributed by atoms with E-state index >= 15 is 0 Å². The predicted molar refractivity (Wildman–Crippen MR) is 150 cm³/mol. The highest BCUT2D eigenvalue weighted by atomic mass is 16.5. The number of benzene rings is 1. The number of morpholine rings is 1. The Kier molecular flexibility index (Phi) is 9.16. The van der Waals surface area contributed by atoms with Crippen LogP contribution in [0, 0.1) is 6.92 Å². The van der Waals surface area contributed by atoms with Crippen LogP contribution >= 0.6 is 0 Å². The van der Waals surface area contributed by atoms with Gasteiger partial charge in [0.05, 0.1) is 13.2 Å². The number of nitrogens with zero attached hydrogens (tertiary/aromatic N) is 2. The lowest BCUT2D eigenvalue weighted by atomic mass is 9.95. The van der Waals surface area contributed by atoms with Crippen molar-refractivity contribution < 1.29 is 18.7 Å². The fourth-order valence-electron chi connectivity index (χ4n) is 5.65. The molecule has 1 aromatic carbocycles. The van der Waals surface area contributed by atoms with E-state index in [1.807, 2.05) is 61.5 Å². The molecule has 2 aromatic heterocycles. The first-order valence-corrected chi connectivity index (χ1v) is 14.3. The number of hydrogen-bond acceptors (Lipinski definition) is 5.